The highest BCUT2D eigenvalue weighted by Gasteiger charge is 2.37. The van der Waals surface area contributed by atoms with E-state index in [9.17, 15) is 8.42 Å². The van der Waals surface area contributed by atoms with Gasteiger partial charge in [-0.3, -0.25) is 0 Å². The van der Waals surface area contributed by atoms with Crippen LogP contribution >= 0.6 is 11.6 Å². The molecule has 1 aromatic heterocycles. The zero-order valence-electron chi connectivity index (χ0n) is 13.6. The summed E-state index contributed by atoms with van der Waals surface area (Å²) < 4.78 is 29.6. The molecule has 0 spiro atoms. The molecule has 6 nitrogen and oxygen atoms in total. The number of benzene rings is 2. The van der Waals surface area contributed by atoms with Crippen LogP contribution in [0.25, 0.3) is 11.3 Å². The topological polar surface area (TPSA) is 68.1 Å². The number of fused-ring (bicyclic) bond motifs is 3. The van der Waals surface area contributed by atoms with E-state index in [1.54, 1.807) is 60.3 Å². The van der Waals surface area contributed by atoms with Crippen LogP contribution in [0.2, 0.25) is 5.02 Å². The highest BCUT2D eigenvalue weighted by atomic mass is 35.5. The summed E-state index contributed by atoms with van der Waals surface area (Å²) in [5, 5.41) is 8.46. The van der Waals surface area contributed by atoms with E-state index in [2.05, 4.69) is 10.3 Å². The molecule has 2 heterocycles. The lowest BCUT2D eigenvalue weighted by Crippen LogP contribution is -2.40. The molecule has 0 bridgehead atoms. The summed E-state index contributed by atoms with van der Waals surface area (Å²) in [6.45, 7) is 3.68. The molecule has 1 aliphatic heterocycles. The molecule has 0 N–H and O–H groups in total. The van der Waals surface area contributed by atoms with Crippen LogP contribution in [0, 0.1) is 6.92 Å². The fraction of sp³-hybridized carbons (Fsp3) is 0.176. The molecule has 128 valence electrons. The van der Waals surface area contributed by atoms with Crippen LogP contribution in [0.3, 0.4) is 0 Å². The Kier molecular flexibility index (Phi) is 3.59. The van der Waals surface area contributed by atoms with E-state index in [-0.39, 0.29) is 4.90 Å². The minimum absolute atomic E-state index is 0.222. The summed E-state index contributed by atoms with van der Waals surface area (Å²) in [5.74, 6) is 0. The van der Waals surface area contributed by atoms with Gasteiger partial charge < -0.3 is 0 Å². The number of aryl methyl sites for hydroxylation is 1. The van der Waals surface area contributed by atoms with Gasteiger partial charge in [-0.2, -0.15) is 0 Å². The SMILES string of the molecule is Cc1ccc(S(=O)(=O)N2c3cc(Cl)ccc3-c3cnnn3C2C)cc1. The van der Waals surface area contributed by atoms with E-state index < -0.39 is 16.2 Å². The Hall–Kier alpha value is -2.38. The number of aromatic nitrogens is 3. The molecule has 0 aliphatic carbocycles. The number of hydrogen-bond acceptors (Lipinski definition) is 4. The normalized spacial score (nSPS) is 16.4. The standard InChI is InChI=1S/C17H15ClN4O2S/c1-11-3-6-14(7-4-11)25(23,24)22-12(2)21-17(10-19-20-21)15-8-5-13(18)9-16(15)22/h3-10,12H,1-2H3. The number of rotatable bonds is 2. The van der Waals surface area contributed by atoms with Gasteiger partial charge in [0.05, 0.1) is 22.5 Å². The maximum absolute atomic E-state index is 13.3. The highest BCUT2D eigenvalue weighted by Crippen LogP contribution is 2.43. The second-order valence-electron chi connectivity index (χ2n) is 5.97. The molecule has 0 saturated carbocycles. The molecule has 0 amide bonds. The van der Waals surface area contributed by atoms with E-state index >= 15 is 0 Å². The number of halogens is 1. The Morgan fingerprint density at radius 3 is 2.56 bits per heavy atom. The van der Waals surface area contributed by atoms with Crippen LogP contribution < -0.4 is 4.31 Å². The summed E-state index contributed by atoms with van der Waals surface area (Å²) in [6.07, 6.45) is 1.06. The monoisotopic (exact) mass is 374 g/mol. The van der Waals surface area contributed by atoms with Gasteiger partial charge in [0.2, 0.25) is 0 Å². The van der Waals surface area contributed by atoms with Crippen molar-refractivity contribution in [3.63, 3.8) is 0 Å². The lowest BCUT2D eigenvalue weighted by Gasteiger charge is -2.36. The van der Waals surface area contributed by atoms with Gasteiger partial charge in [-0.25, -0.2) is 17.4 Å². The van der Waals surface area contributed by atoms with Crippen LogP contribution in [-0.2, 0) is 10.0 Å². The number of nitrogens with zero attached hydrogens (tertiary/aromatic N) is 4. The van der Waals surface area contributed by atoms with Gasteiger partial charge in [0.25, 0.3) is 10.0 Å². The van der Waals surface area contributed by atoms with Gasteiger partial charge >= 0.3 is 0 Å². The first kappa shape index (κ1) is 16.1. The smallest absolute Gasteiger partial charge is 0.242 e. The third-order valence-corrected chi connectivity index (χ3v) is 6.44. The summed E-state index contributed by atoms with van der Waals surface area (Å²) in [4.78, 5) is 0.222. The van der Waals surface area contributed by atoms with Crippen molar-refractivity contribution in [2.45, 2.75) is 24.9 Å². The molecule has 3 aromatic rings. The quantitative estimate of drug-likeness (QED) is 0.686. The lowest BCUT2D eigenvalue weighted by atomic mass is 10.1. The van der Waals surface area contributed by atoms with Crippen LogP contribution in [0.5, 0.6) is 0 Å². The number of sulfonamides is 1. The van der Waals surface area contributed by atoms with Crippen molar-refractivity contribution in [3.8, 4) is 11.3 Å². The summed E-state index contributed by atoms with van der Waals surface area (Å²) in [7, 11) is -3.79. The largest absolute Gasteiger partial charge is 0.266 e. The summed E-state index contributed by atoms with van der Waals surface area (Å²) >= 11 is 6.15. The first-order valence-corrected chi connectivity index (χ1v) is 9.52. The van der Waals surface area contributed by atoms with Gasteiger partial charge in [0.1, 0.15) is 6.17 Å². The zero-order valence-corrected chi connectivity index (χ0v) is 15.2. The third-order valence-electron chi connectivity index (χ3n) is 4.32. The Labute approximate surface area is 150 Å². The lowest BCUT2D eigenvalue weighted by molar-refractivity contribution is 0.479. The fourth-order valence-corrected chi connectivity index (χ4v) is 4.85. The Morgan fingerprint density at radius 2 is 1.84 bits per heavy atom. The van der Waals surface area contributed by atoms with E-state index in [1.807, 2.05) is 6.92 Å². The van der Waals surface area contributed by atoms with Crippen LogP contribution in [0.4, 0.5) is 5.69 Å². The fourth-order valence-electron chi connectivity index (χ4n) is 3.07. The van der Waals surface area contributed by atoms with Crippen molar-refractivity contribution in [2.75, 3.05) is 4.31 Å². The van der Waals surface area contributed by atoms with Gasteiger partial charge in [0.15, 0.2) is 0 Å². The molecule has 4 rings (SSSR count). The second-order valence-corrected chi connectivity index (χ2v) is 8.22. The van der Waals surface area contributed by atoms with Gasteiger partial charge in [-0.1, -0.05) is 34.5 Å². The Bertz CT molecular complexity index is 1060. The maximum Gasteiger partial charge on any atom is 0.266 e. The van der Waals surface area contributed by atoms with Crippen LogP contribution in [0.15, 0.2) is 53.6 Å². The molecule has 0 fully saturated rings. The molecule has 1 atom stereocenters. The van der Waals surface area contributed by atoms with Gasteiger partial charge in [-0.15, -0.1) is 5.10 Å². The second kappa shape index (κ2) is 5.57. The first-order valence-electron chi connectivity index (χ1n) is 7.71. The maximum atomic E-state index is 13.3. The Morgan fingerprint density at radius 1 is 1.12 bits per heavy atom. The van der Waals surface area contributed by atoms with E-state index in [0.717, 1.165) is 16.8 Å². The van der Waals surface area contributed by atoms with Crippen molar-refractivity contribution >= 4 is 27.3 Å². The predicted octanol–water partition coefficient (Wildman–Crippen LogP) is 3.63. The minimum atomic E-state index is -3.79. The Balaban J connectivity index is 1.96. The number of anilines is 1. The van der Waals surface area contributed by atoms with E-state index in [0.29, 0.717) is 10.7 Å². The van der Waals surface area contributed by atoms with Crippen molar-refractivity contribution in [2.24, 2.45) is 0 Å². The van der Waals surface area contributed by atoms with Crippen LogP contribution in [0.1, 0.15) is 18.7 Å². The van der Waals surface area contributed by atoms with Gasteiger partial charge in [-0.05, 0) is 44.2 Å². The van der Waals surface area contributed by atoms with Crippen molar-refractivity contribution in [1.82, 2.24) is 15.0 Å². The van der Waals surface area contributed by atoms with Crippen molar-refractivity contribution < 1.29 is 8.42 Å². The van der Waals surface area contributed by atoms with Crippen molar-refractivity contribution in [1.29, 1.82) is 0 Å². The highest BCUT2D eigenvalue weighted by molar-refractivity contribution is 7.92. The molecular weight excluding hydrogens is 360 g/mol. The molecule has 25 heavy (non-hydrogen) atoms. The zero-order chi connectivity index (χ0) is 17.8. The molecule has 2 aromatic carbocycles. The third kappa shape index (κ3) is 2.42. The molecular formula is C17H15ClN4O2S. The summed E-state index contributed by atoms with van der Waals surface area (Å²) in [6, 6.07) is 12.0. The van der Waals surface area contributed by atoms with Gasteiger partial charge in [0, 0.05) is 10.6 Å². The molecule has 1 aliphatic rings. The summed E-state index contributed by atoms with van der Waals surface area (Å²) in [5.41, 5.74) is 3.00. The first-order chi connectivity index (χ1) is 11.9. The average Bonchev–Trinajstić information content (AvgIpc) is 3.05. The molecule has 0 saturated heterocycles. The van der Waals surface area contributed by atoms with Crippen LogP contribution in [-0.4, -0.2) is 23.4 Å². The molecule has 1 unspecified atom stereocenters. The van der Waals surface area contributed by atoms with E-state index in [1.165, 1.54) is 4.31 Å². The molecule has 8 heteroatoms. The minimum Gasteiger partial charge on any atom is -0.242 e. The predicted molar refractivity (Wildman–Crippen MR) is 96.0 cm³/mol. The average molecular weight is 375 g/mol. The molecule has 0 radical (unpaired) electrons. The number of hydrogen-bond donors (Lipinski definition) is 0. The van der Waals surface area contributed by atoms with E-state index in [4.69, 9.17) is 11.6 Å². The van der Waals surface area contributed by atoms with Crippen molar-refractivity contribution in [3.05, 3.63) is 59.2 Å².